The van der Waals surface area contributed by atoms with E-state index in [0.29, 0.717) is 16.5 Å². The van der Waals surface area contributed by atoms with Crippen molar-refractivity contribution in [2.75, 3.05) is 7.05 Å². The highest BCUT2D eigenvalue weighted by Gasteiger charge is 2.30. The lowest BCUT2D eigenvalue weighted by Gasteiger charge is -2.09. The maximum absolute atomic E-state index is 12.4. The first-order valence-corrected chi connectivity index (χ1v) is 5.00. The zero-order valence-corrected chi connectivity index (χ0v) is 9.56. The molecular weight excluding hydrogens is 271 g/mol. The Morgan fingerprint density at radius 2 is 2.07 bits per heavy atom. The Bertz CT molecular complexity index is 371. The summed E-state index contributed by atoms with van der Waals surface area (Å²) in [4.78, 5) is 3.74. The second-order valence-corrected chi connectivity index (χ2v) is 3.80. The third-order valence-corrected chi connectivity index (χ3v) is 2.64. The van der Waals surface area contributed by atoms with E-state index in [2.05, 4.69) is 20.9 Å². The first-order valence-electron chi connectivity index (χ1n) is 4.21. The van der Waals surface area contributed by atoms with Gasteiger partial charge < -0.3 is 4.99 Å². The summed E-state index contributed by atoms with van der Waals surface area (Å²) < 4.78 is 37.8. The molecule has 0 fully saturated rings. The van der Waals surface area contributed by atoms with Crippen LogP contribution in [-0.2, 0) is 12.6 Å². The third-order valence-electron chi connectivity index (χ3n) is 1.87. The summed E-state index contributed by atoms with van der Waals surface area (Å²) >= 11 is 3.20. The highest BCUT2D eigenvalue weighted by Crippen LogP contribution is 2.31. The lowest BCUT2D eigenvalue weighted by molar-refractivity contribution is -0.137. The molecule has 0 aliphatic heterocycles. The van der Waals surface area contributed by atoms with Gasteiger partial charge in [-0.25, -0.2) is 0 Å². The highest BCUT2D eigenvalue weighted by atomic mass is 79.9. The van der Waals surface area contributed by atoms with E-state index in [4.69, 9.17) is 0 Å². The van der Waals surface area contributed by atoms with Gasteiger partial charge in [-0.15, -0.1) is 0 Å². The molecule has 15 heavy (non-hydrogen) atoms. The number of rotatable bonds is 2. The minimum Gasteiger partial charge on any atom is -0.301 e. The van der Waals surface area contributed by atoms with Crippen molar-refractivity contribution in [2.24, 2.45) is 4.99 Å². The SMILES string of the molecule is CN=CCc1cc(C(F)(F)F)ccc1Br. The van der Waals surface area contributed by atoms with E-state index < -0.39 is 11.7 Å². The molecule has 82 valence electrons. The van der Waals surface area contributed by atoms with Gasteiger partial charge in [-0.3, -0.25) is 0 Å². The molecule has 1 nitrogen and oxygen atoms in total. The Balaban J connectivity index is 3.05. The molecule has 0 saturated carbocycles. The van der Waals surface area contributed by atoms with Gasteiger partial charge in [0.1, 0.15) is 0 Å². The minimum atomic E-state index is -4.29. The number of nitrogens with zero attached hydrogens (tertiary/aromatic N) is 1. The molecule has 0 spiro atoms. The van der Waals surface area contributed by atoms with Crippen LogP contribution in [0, 0.1) is 0 Å². The van der Waals surface area contributed by atoms with Crippen LogP contribution in [0.4, 0.5) is 13.2 Å². The standard InChI is InChI=1S/C10H9BrF3N/c1-15-5-4-7-6-8(10(12,13)14)2-3-9(7)11/h2-3,5-6H,4H2,1H3. The number of alkyl halides is 3. The van der Waals surface area contributed by atoms with Gasteiger partial charge in [-0.2, -0.15) is 13.2 Å². The van der Waals surface area contributed by atoms with Crippen LogP contribution in [0.25, 0.3) is 0 Å². The maximum atomic E-state index is 12.4. The average molecular weight is 280 g/mol. The largest absolute Gasteiger partial charge is 0.416 e. The maximum Gasteiger partial charge on any atom is 0.416 e. The molecule has 0 heterocycles. The van der Waals surface area contributed by atoms with Crippen LogP contribution in [0.1, 0.15) is 11.1 Å². The lowest BCUT2D eigenvalue weighted by Crippen LogP contribution is -2.05. The lowest BCUT2D eigenvalue weighted by atomic mass is 10.1. The quantitative estimate of drug-likeness (QED) is 0.732. The summed E-state index contributed by atoms with van der Waals surface area (Å²) in [5.74, 6) is 0. The molecule has 5 heteroatoms. The molecule has 0 N–H and O–H groups in total. The van der Waals surface area contributed by atoms with Gasteiger partial charge in [-0.1, -0.05) is 15.9 Å². The molecule has 0 bridgehead atoms. The van der Waals surface area contributed by atoms with E-state index in [-0.39, 0.29) is 0 Å². The zero-order chi connectivity index (χ0) is 11.5. The minimum absolute atomic E-state index is 0.390. The van der Waals surface area contributed by atoms with Crippen molar-refractivity contribution in [3.05, 3.63) is 33.8 Å². The van der Waals surface area contributed by atoms with Gasteiger partial charge in [0.15, 0.2) is 0 Å². The Kier molecular flexibility index (Phi) is 3.90. The molecule has 1 aromatic carbocycles. The van der Waals surface area contributed by atoms with E-state index >= 15 is 0 Å². The van der Waals surface area contributed by atoms with E-state index in [0.717, 1.165) is 12.1 Å². The number of aliphatic imine (C=N–C) groups is 1. The van der Waals surface area contributed by atoms with E-state index in [1.807, 2.05) is 0 Å². The highest BCUT2D eigenvalue weighted by molar-refractivity contribution is 9.10. The van der Waals surface area contributed by atoms with Gasteiger partial charge >= 0.3 is 6.18 Å². The first-order chi connectivity index (χ1) is 6.95. The van der Waals surface area contributed by atoms with Crippen LogP contribution in [0.5, 0.6) is 0 Å². The van der Waals surface area contributed by atoms with Crippen LogP contribution >= 0.6 is 15.9 Å². The van der Waals surface area contributed by atoms with Gasteiger partial charge in [0.25, 0.3) is 0 Å². The number of halogens is 4. The van der Waals surface area contributed by atoms with Crippen molar-refractivity contribution in [3.63, 3.8) is 0 Å². The van der Waals surface area contributed by atoms with E-state index in [1.54, 1.807) is 13.3 Å². The van der Waals surface area contributed by atoms with Gasteiger partial charge in [-0.05, 0) is 23.8 Å². The van der Waals surface area contributed by atoms with Crippen LogP contribution in [0.2, 0.25) is 0 Å². The molecule has 0 atom stereocenters. The Morgan fingerprint density at radius 3 is 2.60 bits per heavy atom. The Hall–Kier alpha value is -0.840. The van der Waals surface area contributed by atoms with Crippen molar-refractivity contribution in [2.45, 2.75) is 12.6 Å². The first kappa shape index (κ1) is 12.2. The fourth-order valence-corrected chi connectivity index (χ4v) is 1.51. The van der Waals surface area contributed by atoms with Crippen LogP contribution < -0.4 is 0 Å². The summed E-state index contributed by atoms with van der Waals surface area (Å²) in [6, 6.07) is 3.59. The van der Waals surface area contributed by atoms with Crippen molar-refractivity contribution >= 4 is 22.1 Å². The molecule has 0 aromatic heterocycles. The average Bonchev–Trinajstić information content (AvgIpc) is 2.15. The Morgan fingerprint density at radius 1 is 1.40 bits per heavy atom. The molecule has 0 radical (unpaired) electrons. The van der Waals surface area contributed by atoms with Gasteiger partial charge in [0, 0.05) is 24.2 Å². The fraction of sp³-hybridized carbons (Fsp3) is 0.300. The van der Waals surface area contributed by atoms with Crippen molar-refractivity contribution in [3.8, 4) is 0 Å². The summed E-state index contributed by atoms with van der Waals surface area (Å²) in [6.07, 6.45) is -2.33. The normalized spacial score (nSPS) is 12.3. The smallest absolute Gasteiger partial charge is 0.301 e. The monoisotopic (exact) mass is 279 g/mol. The molecule has 0 unspecified atom stereocenters. The van der Waals surface area contributed by atoms with Crippen molar-refractivity contribution in [1.29, 1.82) is 0 Å². The third kappa shape index (κ3) is 3.34. The number of hydrogen-bond acceptors (Lipinski definition) is 1. The molecule has 1 rings (SSSR count). The summed E-state index contributed by atoms with van der Waals surface area (Å²) in [7, 11) is 1.58. The summed E-state index contributed by atoms with van der Waals surface area (Å²) in [5, 5.41) is 0. The Labute approximate surface area is 94.2 Å². The number of benzene rings is 1. The topological polar surface area (TPSA) is 12.4 Å². The molecule has 0 aliphatic carbocycles. The second kappa shape index (κ2) is 4.79. The predicted molar refractivity (Wildman–Crippen MR) is 57.3 cm³/mol. The van der Waals surface area contributed by atoms with Crippen molar-refractivity contribution < 1.29 is 13.2 Å². The van der Waals surface area contributed by atoms with Gasteiger partial charge in [0.05, 0.1) is 5.56 Å². The van der Waals surface area contributed by atoms with Gasteiger partial charge in [0.2, 0.25) is 0 Å². The molecule has 0 aliphatic rings. The zero-order valence-electron chi connectivity index (χ0n) is 7.98. The predicted octanol–water partition coefficient (Wildman–Crippen LogP) is 3.71. The van der Waals surface area contributed by atoms with Crippen LogP contribution in [-0.4, -0.2) is 13.3 Å². The second-order valence-electron chi connectivity index (χ2n) is 2.95. The number of hydrogen-bond donors (Lipinski definition) is 0. The van der Waals surface area contributed by atoms with Crippen molar-refractivity contribution in [1.82, 2.24) is 0 Å². The molecule has 0 amide bonds. The molecule has 0 saturated heterocycles. The van der Waals surface area contributed by atoms with Crippen LogP contribution in [0.3, 0.4) is 0 Å². The summed E-state index contributed by atoms with van der Waals surface area (Å²) in [6.45, 7) is 0. The fourth-order valence-electron chi connectivity index (χ4n) is 1.10. The summed E-state index contributed by atoms with van der Waals surface area (Å²) in [5.41, 5.74) is -0.0550. The van der Waals surface area contributed by atoms with E-state index in [1.165, 1.54) is 6.07 Å². The van der Waals surface area contributed by atoms with E-state index in [9.17, 15) is 13.2 Å². The van der Waals surface area contributed by atoms with Crippen LogP contribution in [0.15, 0.2) is 27.7 Å². The molecule has 1 aromatic rings. The molecular formula is C10H9BrF3N.